The fourth-order valence-electron chi connectivity index (χ4n) is 3.66. The Bertz CT molecular complexity index is 1190. The van der Waals surface area contributed by atoms with E-state index in [0.29, 0.717) is 36.2 Å². The van der Waals surface area contributed by atoms with Gasteiger partial charge in [-0.25, -0.2) is 8.42 Å². The fraction of sp³-hybridized carbons (Fsp3) is 0.269. The number of carbonyl (C=O) groups is 1. The molecule has 3 aromatic rings. The normalized spacial score (nSPS) is 15.0. The van der Waals surface area contributed by atoms with Crippen LogP contribution in [0.15, 0.2) is 83.8 Å². The number of hydrogen-bond acceptors (Lipinski definition) is 5. The minimum Gasteiger partial charge on any atom is -0.484 e. The van der Waals surface area contributed by atoms with Crippen LogP contribution >= 0.6 is 0 Å². The molecule has 178 valence electrons. The SMILES string of the molecule is CC1CCN(S(=O)(=O)c2ccc(OCC(=O)Nc3ccc(Oc4ccccc4)cc3)cc2)CC1. The molecule has 1 fully saturated rings. The number of nitrogens with one attached hydrogen (secondary N) is 1. The summed E-state index contributed by atoms with van der Waals surface area (Å²) in [5.41, 5.74) is 0.617. The number of benzene rings is 3. The van der Waals surface area contributed by atoms with Crippen LogP contribution in [0.5, 0.6) is 17.2 Å². The molecule has 8 heteroatoms. The molecule has 3 aromatic carbocycles. The predicted octanol–water partition coefficient (Wildman–Crippen LogP) is 4.92. The number of nitrogens with zero attached hydrogens (tertiary/aromatic N) is 1. The Hall–Kier alpha value is -3.36. The van der Waals surface area contributed by atoms with Gasteiger partial charge in [-0.15, -0.1) is 0 Å². The van der Waals surface area contributed by atoms with Gasteiger partial charge < -0.3 is 14.8 Å². The number of amides is 1. The van der Waals surface area contributed by atoms with Crippen LogP contribution in [0.1, 0.15) is 19.8 Å². The molecule has 1 heterocycles. The number of rotatable bonds is 8. The topological polar surface area (TPSA) is 84.9 Å². The van der Waals surface area contributed by atoms with E-state index in [4.69, 9.17) is 9.47 Å². The molecule has 0 bridgehead atoms. The van der Waals surface area contributed by atoms with Crippen molar-refractivity contribution in [3.05, 3.63) is 78.9 Å². The lowest BCUT2D eigenvalue weighted by atomic mass is 10.0. The first-order chi connectivity index (χ1) is 16.4. The molecular formula is C26H28N2O5S. The number of anilines is 1. The van der Waals surface area contributed by atoms with Crippen molar-refractivity contribution in [2.75, 3.05) is 25.0 Å². The van der Waals surface area contributed by atoms with Gasteiger partial charge in [0.2, 0.25) is 10.0 Å². The molecule has 1 aliphatic heterocycles. The van der Waals surface area contributed by atoms with Crippen LogP contribution in [0, 0.1) is 5.92 Å². The zero-order chi connectivity index (χ0) is 24.0. The fourth-order valence-corrected chi connectivity index (χ4v) is 5.13. The van der Waals surface area contributed by atoms with Crippen molar-refractivity contribution in [3.8, 4) is 17.2 Å². The van der Waals surface area contributed by atoms with E-state index >= 15 is 0 Å². The van der Waals surface area contributed by atoms with Gasteiger partial charge in [-0.1, -0.05) is 25.1 Å². The molecule has 1 amide bonds. The lowest BCUT2D eigenvalue weighted by molar-refractivity contribution is -0.118. The number of carbonyl (C=O) groups excluding carboxylic acids is 1. The molecule has 0 aromatic heterocycles. The molecule has 1 N–H and O–H groups in total. The van der Waals surface area contributed by atoms with Crippen LogP contribution in [0.3, 0.4) is 0 Å². The summed E-state index contributed by atoms with van der Waals surface area (Å²) in [6.45, 7) is 3.03. The highest BCUT2D eigenvalue weighted by Crippen LogP contribution is 2.25. The Labute approximate surface area is 200 Å². The van der Waals surface area contributed by atoms with Gasteiger partial charge in [0.05, 0.1) is 4.90 Å². The van der Waals surface area contributed by atoms with Gasteiger partial charge in [0, 0.05) is 18.8 Å². The van der Waals surface area contributed by atoms with Crippen molar-refractivity contribution >= 4 is 21.6 Å². The van der Waals surface area contributed by atoms with Gasteiger partial charge in [-0.3, -0.25) is 4.79 Å². The Morgan fingerprint density at radius 1 is 0.882 bits per heavy atom. The van der Waals surface area contributed by atoms with Gasteiger partial charge >= 0.3 is 0 Å². The number of sulfonamides is 1. The third kappa shape index (κ3) is 6.15. The standard InChI is InChI=1S/C26H28N2O5S/c1-20-15-17-28(18-16-20)34(30,31)25-13-11-22(12-14-25)32-19-26(29)27-21-7-9-24(10-8-21)33-23-5-3-2-4-6-23/h2-14,20H,15-19H2,1H3,(H,27,29). The lowest BCUT2D eigenvalue weighted by Crippen LogP contribution is -2.37. The molecule has 7 nitrogen and oxygen atoms in total. The minimum atomic E-state index is -3.51. The Kier molecular flexibility index (Phi) is 7.49. The number of piperidine rings is 1. The molecule has 0 saturated carbocycles. The summed E-state index contributed by atoms with van der Waals surface area (Å²) in [4.78, 5) is 12.5. The Morgan fingerprint density at radius 2 is 1.47 bits per heavy atom. The molecule has 1 aliphatic rings. The van der Waals surface area contributed by atoms with Crippen LogP contribution in [0.2, 0.25) is 0 Å². The molecule has 0 spiro atoms. The van der Waals surface area contributed by atoms with E-state index in [1.54, 1.807) is 36.4 Å². The van der Waals surface area contributed by atoms with Crippen molar-refractivity contribution in [2.24, 2.45) is 5.92 Å². The molecule has 0 aliphatic carbocycles. The Balaban J connectivity index is 1.27. The smallest absolute Gasteiger partial charge is 0.262 e. The predicted molar refractivity (Wildman–Crippen MR) is 131 cm³/mol. The van der Waals surface area contributed by atoms with Crippen molar-refractivity contribution in [1.82, 2.24) is 4.31 Å². The summed E-state index contributed by atoms with van der Waals surface area (Å²) < 4.78 is 38.4. The van der Waals surface area contributed by atoms with Crippen molar-refractivity contribution in [2.45, 2.75) is 24.7 Å². The molecule has 34 heavy (non-hydrogen) atoms. The third-order valence-corrected chi connectivity index (χ3v) is 7.60. The van der Waals surface area contributed by atoms with Crippen LogP contribution in [-0.4, -0.2) is 38.3 Å². The average Bonchev–Trinajstić information content (AvgIpc) is 2.85. The van der Waals surface area contributed by atoms with E-state index < -0.39 is 10.0 Å². The first-order valence-electron chi connectivity index (χ1n) is 11.3. The maximum atomic E-state index is 12.8. The maximum absolute atomic E-state index is 12.8. The number of para-hydroxylation sites is 1. The van der Waals surface area contributed by atoms with E-state index in [9.17, 15) is 13.2 Å². The summed E-state index contributed by atoms with van der Waals surface area (Å²) in [5.74, 6) is 2.05. The van der Waals surface area contributed by atoms with E-state index in [1.807, 2.05) is 30.3 Å². The van der Waals surface area contributed by atoms with E-state index in [1.165, 1.54) is 16.4 Å². The van der Waals surface area contributed by atoms with Gasteiger partial charge in [0.25, 0.3) is 5.91 Å². The maximum Gasteiger partial charge on any atom is 0.262 e. The first kappa shape index (κ1) is 23.8. The highest BCUT2D eigenvalue weighted by Gasteiger charge is 2.27. The second-order valence-electron chi connectivity index (χ2n) is 8.33. The van der Waals surface area contributed by atoms with Gasteiger partial charge in [-0.05, 0) is 79.4 Å². The quantitative estimate of drug-likeness (QED) is 0.495. The van der Waals surface area contributed by atoms with Gasteiger partial charge in [-0.2, -0.15) is 4.31 Å². The second-order valence-corrected chi connectivity index (χ2v) is 10.3. The van der Waals surface area contributed by atoms with Crippen molar-refractivity contribution in [1.29, 1.82) is 0 Å². The minimum absolute atomic E-state index is 0.196. The molecular weight excluding hydrogens is 452 g/mol. The lowest BCUT2D eigenvalue weighted by Gasteiger charge is -2.29. The zero-order valence-electron chi connectivity index (χ0n) is 19.0. The highest BCUT2D eigenvalue weighted by atomic mass is 32.2. The van der Waals surface area contributed by atoms with E-state index in [-0.39, 0.29) is 17.4 Å². The van der Waals surface area contributed by atoms with Crippen molar-refractivity contribution < 1.29 is 22.7 Å². The summed E-state index contributed by atoms with van der Waals surface area (Å²) in [6, 6.07) is 22.7. The molecule has 0 unspecified atom stereocenters. The summed E-state index contributed by atoms with van der Waals surface area (Å²) >= 11 is 0. The number of hydrogen-bond donors (Lipinski definition) is 1. The third-order valence-electron chi connectivity index (χ3n) is 5.69. The van der Waals surface area contributed by atoms with E-state index in [2.05, 4.69) is 12.2 Å². The highest BCUT2D eigenvalue weighted by molar-refractivity contribution is 7.89. The second kappa shape index (κ2) is 10.7. The molecule has 0 atom stereocenters. The molecule has 1 saturated heterocycles. The van der Waals surface area contributed by atoms with Crippen LogP contribution in [-0.2, 0) is 14.8 Å². The van der Waals surface area contributed by atoms with Crippen LogP contribution in [0.25, 0.3) is 0 Å². The Morgan fingerprint density at radius 3 is 2.12 bits per heavy atom. The number of ether oxygens (including phenoxy) is 2. The van der Waals surface area contributed by atoms with Crippen LogP contribution in [0.4, 0.5) is 5.69 Å². The summed E-state index contributed by atoms with van der Waals surface area (Å²) in [5, 5.41) is 2.76. The molecule has 0 radical (unpaired) electrons. The largest absolute Gasteiger partial charge is 0.484 e. The van der Waals surface area contributed by atoms with Gasteiger partial charge in [0.1, 0.15) is 17.2 Å². The van der Waals surface area contributed by atoms with E-state index in [0.717, 1.165) is 18.6 Å². The average molecular weight is 481 g/mol. The summed E-state index contributed by atoms with van der Waals surface area (Å²) in [7, 11) is -3.51. The van der Waals surface area contributed by atoms with Crippen molar-refractivity contribution in [3.63, 3.8) is 0 Å². The van der Waals surface area contributed by atoms with Gasteiger partial charge in [0.15, 0.2) is 6.61 Å². The van der Waals surface area contributed by atoms with Crippen LogP contribution < -0.4 is 14.8 Å². The monoisotopic (exact) mass is 480 g/mol. The first-order valence-corrected chi connectivity index (χ1v) is 12.7. The molecule has 4 rings (SSSR count). The zero-order valence-corrected chi connectivity index (χ0v) is 19.8. The summed E-state index contributed by atoms with van der Waals surface area (Å²) in [6.07, 6.45) is 1.75.